The van der Waals surface area contributed by atoms with E-state index < -0.39 is 17.6 Å². The number of rotatable bonds is 2. The second kappa shape index (κ2) is 6.12. The van der Waals surface area contributed by atoms with Gasteiger partial charge in [0.05, 0.1) is 18.7 Å². The summed E-state index contributed by atoms with van der Waals surface area (Å²) in [5.41, 5.74) is 0.0600. The van der Waals surface area contributed by atoms with Gasteiger partial charge in [-0.05, 0) is 20.8 Å². The molecule has 1 aliphatic heterocycles. The Morgan fingerprint density at radius 3 is 2.64 bits per heavy atom. The van der Waals surface area contributed by atoms with E-state index in [0.717, 1.165) is 0 Å². The second-order valence-corrected chi connectivity index (χ2v) is 7.11. The molecule has 1 fully saturated rings. The van der Waals surface area contributed by atoms with E-state index in [1.165, 1.54) is 0 Å². The molecule has 0 saturated carbocycles. The number of nitrogens with one attached hydrogen (secondary N) is 1. The highest BCUT2D eigenvalue weighted by Crippen LogP contribution is 2.32. The number of carbonyl (C=O) groups excluding carboxylic acids is 1. The quantitative estimate of drug-likeness (QED) is 0.897. The molecule has 1 aliphatic rings. The van der Waals surface area contributed by atoms with Gasteiger partial charge in [0.2, 0.25) is 0 Å². The van der Waals surface area contributed by atoms with E-state index >= 15 is 0 Å². The fraction of sp³-hybridized carbons (Fsp3) is 0.562. The number of piperidine rings is 1. The molecule has 0 aromatic carbocycles. The normalized spacial score (nSPS) is 17.6. The van der Waals surface area contributed by atoms with Gasteiger partial charge in [0, 0.05) is 25.9 Å². The van der Waals surface area contributed by atoms with E-state index in [0.29, 0.717) is 11.3 Å². The third-order valence-electron chi connectivity index (χ3n) is 3.81. The Balaban J connectivity index is 1.86. The van der Waals surface area contributed by atoms with Crippen LogP contribution in [0.15, 0.2) is 18.7 Å². The fourth-order valence-electron chi connectivity index (χ4n) is 2.66. The second-order valence-electron chi connectivity index (χ2n) is 7.11. The smallest absolute Gasteiger partial charge is 0.413 e. The number of hydrogen-bond acceptors (Lipinski definition) is 5. The van der Waals surface area contributed by atoms with Crippen molar-refractivity contribution in [3.05, 3.63) is 18.7 Å². The number of imidazole rings is 1. The lowest BCUT2D eigenvalue weighted by Gasteiger charge is -2.33. The molecule has 0 spiro atoms. The van der Waals surface area contributed by atoms with Crippen molar-refractivity contribution < 1.29 is 18.3 Å². The molecule has 9 heteroatoms. The Kier molecular flexibility index (Phi) is 4.26. The SMILES string of the molecule is CC(C)(C)OC(=O)Nc1cn2cncc2c(N2CCC(F)(F)CC2)n1. The van der Waals surface area contributed by atoms with Crippen molar-refractivity contribution in [3.8, 4) is 0 Å². The highest BCUT2D eigenvalue weighted by Gasteiger charge is 2.35. The Bertz CT molecular complexity index is 774. The van der Waals surface area contributed by atoms with E-state index in [9.17, 15) is 13.6 Å². The van der Waals surface area contributed by atoms with Gasteiger partial charge in [0.25, 0.3) is 5.92 Å². The number of alkyl halides is 2. The van der Waals surface area contributed by atoms with Crippen LogP contribution in [0.25, 0.3) is 5.52 Å². The number of ether oxygens (including phenoxy) is 1. The molecule has 0 atom stereocenters. The number of nitrogens with zero attached hydrogens (tertiary/aromatic N) is 4. The Hall–Kier alpha value is -2.45. The van der Waals surface area contributed by atoms with Crippen LogP contribution >= 0.6 is 0 Å². The van der Waals surface area contributed by atoms with Gasteiger partial charge in [-0.15, -0.1) is 0 Å². The molecule has 1 N–H and O–H groups in total. The molecule has 136 valence electrons. The highest BCUT2D eigenvalue weighted by molar-refractivity contribution is 5.84. The average molecular weight is 353 g/mol. The number of halogens is 2. The maximum absolute atomic E-state index is 13.4. The van der Waals surface area contributed by atoms with Crippen molar-refractivity contribution in [1.29, 1.82) is 0 Å². The molecule has 0 radical (unpaired) electrons. The molecule has 25 heavy (non-hydrogen) atoms. The zero-order chi connectivity index (χ0) is 18.2. The van der Waals surface area contributed by atoms with Crippen LogP contribution in [-0.2, 0) is 4.74 Å². The maximum atomic E-state index is 13.4. The lowest BCUT2D eigenvalue weighted by Crippen LogP contribution is -2.40. The van der Waals surface area contributed by atoms with E-state index in [1.54, 1.807) is 48.8 Å². The summed E-state index contributed by atoms with van der Waals surface area (Å²) in [7, 11) is 0. The molecule has 3 rings (SSSR count). The van der Waals surface area contributed by atoms with Crippen molar-refractivity contribution in [3.63, 3.8) is 0 Å². The van der Waals surface area contributed by atoms with Crippen LogP contribution in [-0.4, -0.2) is 45.1 Å². The van der Waals surface area contributed by atoms with E-state index in [1.807, 2.05) is 0 Å². The summed E-state index contributed by atoms with van der Waals surface area (Å²) in [6, 6.07) is 0. The molecule has 2 aromatic rings. The highest BCUT2D eigenvalue weighted by atomic mass is 19.3. The van der Waals surface area contributed by atoms with E-state index in [2.05, 4.69) is 15.3 Å². The van der Waals surface area contributed by atoms with Gasteiger partial charge in [0.15, 0.2) is 11.6 Å². The van der Waals surface area contributed by atoms with Crippen LogP contribution in [0.4, 0.5) is 25.2 Å². The van der Waals surface area contributed by atoms with Crippen molar-refractivity contribution in [1.82, 2.24) is 14.4 Å². The summed E-state index contributed by atoms with van der Waals surface area (Å²) < 4.78 is 33.8. The lowest BCUT2D eigenvalue weighted by molar-refractivity contribution is -0.0221. The molecule has 2 aromatic heterocycles. The molecule has 0 aliphatic carbocycles. The number of carbonyl (C=O) groups is 1. The van der Waals surface area contributed by atoms with Gasteiger partial charge in [-0.2, -0.15) is 0 Å². The Labute approximate surface area is 144 Å². The number of fused-ring (bicyclic) bond motifs is 1. The molecular formula is C16H21F2N5O2. The number of amides is 1. The van der Waals surface area contributed by atoms with Gasteiger partial charge in [-0.1, -0.05) is 0 Å². The van der Waals surface area contributed by atoms with E-state index in [-0.39, 0.29) is 31.7 Å². The maximum Gasteiger partial charge on any atom is 0.413 e. The summed E-state index contributed by atoms with van der Waals surface area (Å²) in [6.07, 6.45) is 3.72. The molecule has 1 amide bonds. The van der Waals surface area contributed by atoms with E-state index in [4.69, 9.17) is 4.74 Å². The summed E-state index contributed by atoms with van der Waals surface area (Å²) >= 11 is 0. The minimum absolute atomic E-state index is 0.191. The third-order valence-corrected chi connectivity index (χ3v) is 3.81. The lowest BCUT2D eigenvalue weighted by atomic mass is 10.1. The van der Waals surface area contributed by atoms with Crippen LogP contribution in [0.3, 0.4) is 0 Å². The van der Waals surface area contributed by atoms with Crippen molar-refractivity contribution in [2.24, 2.45) is 0 Å². The minimum Gasteiger partial charge on any atom is -0.444 e. The first-order chi connectivity index (χ1) is 11.6. The first-order valence-electron chi connectivity index (χ1n) is 8.08. The topological polar surface area (TPSA) is 71.8 Å². The first-order valence-corrected chi connectivity index (χ1v) is 8.08. The summed E-state index contributed by atoms with van der Waals surface area (Å²) in [6.45, 7) is 5.67. The van der Waals surface area contributed by atoms with Crippen molar-refractivity contribution in [2.45, 2.75) is 45.1 Å². The molecule has 0 unspecified atom stereocenters. The minimum atomic E-state index is -2.64. The molecular weight excluding hydrogens is 332 g/mol. The predicted molar refractivity (Wildman–Crippen MR) is 89.2 cm³/mol. The van der Waals surface area contributed by atoms with Crippen LogP contribution in [0.2, 0.25) is 0 Å². The number of hydrogen-bond donors (Lipinski definition) is 1. The van der Waals surface area contributed by atoms with Gasteiger partial charge >= 0.3 is 6.09 Å². The number of anilines is 2. The zero-order valence-electron chi connectivity index (χ0n) is 14.4. The Morgan fingerprint density at radius 2 is 2.00 bits per heavy atom. The zero-order valence-corrected chi connectivity index (χ0v) is 14.4. The van der Waals surface area contributed by atoms with Crippen molar-refractivity contribution >= 4 is 23.2 Å². The monoisotopic (exact) mass is 353 g/mol. The van der Waals surface area contributed by atoms with Gasteiger partial charge in [-0.25, -0.2) is 23.5 Å². The fourth-order valence-corrected chi connectivity index (χ4v) is 2.66. The molecule has 3 heterocycles. The summed E-state index contributed by atoms with van der Waals surface area (Å²) in [5, 5.41) is 2.58. The van der Waals surface area contributed by atoms with Crippen molar-refractivity contribution in [2.75, 3.05) is 23.3 Å². The van der Waals surface area contributed by atoms with Crippen LogP contribution in [0.5, 0.6) is 0 Å². The number of aromatic nitrogens is 3. The van der Waals surface area contributed by atoms with Crippen LogP contribution < -0.4 is 10.2 Å². The van der Waals surface area contributed by atoms with Gasteiger partial charge in [0.1, 0.15) is 11.1 Å². The summed E-state index contributed by atoms with van der Waals surface area (Å²) in [5.74, 6) is -1.85. The Morgan fingerprint density at radius 1 is 1.32 bits per heavy atom. The van der Waals surface area contributed by atoms with Gasteiger partial charge < -0.3 is 9.64 Å². The summed E-state index contributed by atoms with van der Waals surface area (Å²) in [4.78, 5) is 22.2. The van der Waals surface area contributed by atoms with Gasteiger partial charge in [-0.3, -0.25) is 9.72 Å². The largest absolute Gasteiger partial charge is 0.444 e. The first kappa shape index (κ1) is 17.4. The van der Waals surface area contributed by atoms with Crippen LogP contribution in [0.1, 0.15) is 33.6 Å². The molecule has 0 bridgehead atoms. The standard InChI is InChI=1S/C16H21F2N5O2/c1-15(2,3)25-14(24)21-12-9-23-10-19-8-11(23)13(20-12)22-6-4-16(17,18)5-7-22/h8-10H,4-7H2,1-3H3,(H,21,24). The third kappa shape index (κ3) is 4.15. The average Bonchev–Trinajstić information content (AvgIpc) is 2.92. The molecule has 7 nitrogen and oxygen atoms in total. The predicted octanol–water partition coefficient (Wildman–Crippen LogP) is 3.31. The van der Waals surface area contributed by atoms with Crippen LogP contribution in [0, 0.1) is 0 Å². The molecule has 1 saturated heterocycles.